The van der Waals surface area contributed by atoms with Gasteiger partial charge in [0, 0.05) is 18.8 Å². The van der Waals surface area contributed by atoms with Crippen LogP contribution in [0.5, 0.6) is 0 Å². The number of aliphatic carboxylic acids is 2. The van der Waals surface area contributed by atoms with Gasteiger partial charge in [-0.3, -0.25) is 9.35 Å². The van der Waals surface area contributed by atoms with Crippen molar-refractivity contribution in [2.45, 2.75) is 63.0 Å². The van der Waals surface area contributed by atoms with Crippen LogP contribution in [-0.4, -0.2) is 36.1 Å². The number of rotatable bonds is 13. The number of allylic oxidation sites excluding steroid dienone is 1. The number of carboxylic acid groups (broad SMARTS) is 2. The van der Waals surface area contributed by atoms with Crippen LogP contribution in [0.15, 0.2) is 12.7 Å². The predicted octanol–water partition coefficient (Wildman–Crippen LogP) is -7.08. The van der Waals surface area contributed by atoms with Gasteiger partial charge in [-0.25, -0.2) is 0 Å². The first-order chi connectivity index (χ1) is 11.5. The molecule has 9 nitrogen and oxygen atoms in total. The zero-order valence-corrected chi connectivity index (χ0v) is 20.8. The van der Waals surface area contributed by atoms with Crippen molar-refractivity contribution in [1.29, 1.82) is 0 Å². The van der Waals surface area contributed by atoms with Gasteiger partial charge in [0.2, 0.25) is 5.91 Å². The molecule has 0 aromatic rings. The standard InChI is InChI=1S/C11H21NO.C4H6O7S.2Na/c1-2-3-4-5-6-7-8-9-10-11(12)13;5-3(6)1-2(4(7)8)12(9,10)11;;/h2H,1,3-10H2,(H2,12,13);2H,1H2,(H,5,6)(H,7,8)(H,9,10,11);;/q;;2*+1/p-2. The number of nitrogens with two attached hydrogens (primary N) is 1. The number of carboxylic acids is 2. The van der Waals surface area contributed by atoms with Gasteiger partial charge in [-0.15, -0.1) is 6.58 Å². The molecular weight excluding hydrogens is 400 g/mol. The van der Waals surface area contributed by atoms with Crippen molar-refractivity contribution in [2.75, 3.05) is 0 Å². The summed E-state index contributed by atoms with van der Waals surface area (Å²) in [5.74, 6) is -4.25. The second-order valence-electron chi connectivity index (χ2n) is 5.31. The minimum Gasteiger partial charge on any atom is -0.550 e. The van der Waals surface area contributed by atoms with Gasteiger partial charge in [-0.05, 0) is 19.3 Å². The van der Waals surface area contributed by atoms with Crippen LogP contribution in [-0.2, 0) is 24.5 Å². The minimum atomic E-state index is -4.94. The molecule has 1 amide bonds. The van der Waals surface area contributed by atoms with E-state index in [-0.39, 0.29) is 65.0 Å². The number of hydrogen-bond donors (Lipinski definition) is 2. The number of carbonyl (C=O) groups is 3. The Bertz CT molecular complexity index is 540. The third kappa shape index (κ3) is 26.1. The van der Waals surface area contributed by atoms with E-state index in [4.69, 9.17) is 10.3 Å². The van der Waals surface area contributed by atoms with Crippen molar-refractivity contribution in [3.05, 3.63) is 12.7 Å². The first kappa shape index (κ1) is 34.6. The van der Waals surface area contributed by atoms with Crippen LogP contribution >= 0.6 is 0 Å². The molecule has 146 valence electrons. The number of unbranched alkanes of at least 4 members (excludes halogenated alkanes) is 6. The summed E-state index contributed by atoms with van der Waals surface area (Å²) < 4.78 is 28.5. The molecule has 1 atom stereocenters. The zero-order valence-electron chi connectivity index (χ0n) is 16.0. The molecular formula is C15H25NNa2O8S. The number of carbonyl (C=O) groups excluding carboxylic acids is 3. The van der Waals surface area contributed by atoms with Crippen molar-refractivity contribution >= 4 is 28.0 Å². The van der Waals surface area contributed by atoms with Gasteiger partial charge < -0.3 is 25.5 Å². The molecule has 0 bridgehead atoms. The molecule has 12 heteroatoms. The largest absolute Gasteiger partial charge is 1.00 e. The summed E-state index contributed by atoms with van der Waals surface area (Å²) in [4.78, 5) is 30.1. The normalized spacial score (nSPS) is 10.9. The van der Waals surface area contributed by atoms with Gasteiger partial charge in [-0.2, -0.15) is 8.42 Å². The van der Waals surface area contributed by atoms with Gasteiger partial charge >= 0.3 is 59.1 Å². The van der Waals surface area contributed by atoms with Crippen molar-refractivity contribution in [3.8, 4) is 0 Å². The predicted molar refractivity (Wildman–Crippen MR) is 86.3 cm³/mol. The summed E-state index contributed by atoms with van der Waals surface area (Å²) in [6.45, 7) is 3.68. The Kier molecular flexibility index (Phi) is 26.6. The fraction of sp³-hybridized carbons (Fsp3) is 0.667. The zero-order chi connectivity index (χ0) is 19.9. The Morgan fingerprint density at radius 3 is 1.74 bits per heavy atom. The van der Waals surface area contributed by atoms with Crippen LogP contribution < -0.4 is 75.1 Å². The van der Waals surface area contributed by atoms with Gasteiger partial charge in [0.15, 0.2) is 0 Å². The second kappa shape index (κ2) is 20.8. The van der Waals surface area contributed by atoms with E-state index in [1.165, 1.54) is 25.7 Å². The molecule has 0 aliphatic rings. The minimum absolute atomic E-state index is 0. The Labute approximate surface area is 204 Å². The summed E-state index contributed by atoms with van der Waals surface area (Å²) in [6, 6.07) is 0. The van der Waals surface area contributed by atoms with Crippen LogP contribution in [0.3, 0.4) is 0 Å². The van der Waals surface area contributed by atoms with Gasteiger partial charge in [0.25, 0.3) is 10.1 Å². The molecule has 0 aromatic carbocycles. The van der Waals surface area contributed by atoms with Crippen molar-refractivity contribution in [3.63, 3.8) is 0 Å². The number of hydrogen-bond acceptors (Lipinski definition) is 7. The molecule has 27 heavy (non-hydrogen) atoms. The van der Waals surface area contributed by atoms with E-state index < -0.39 is 33.7 Å². The topological polar surface area (TPSA) is 178 Å². The van der Waals surface area contributed by atoms with Crippen molar-refractivity contribution in [2.24, 2.45) is 5.73 Å². The number of amides is 1. The maximum absolute atomic E-state index is 10.4. The van der Waals surface area contributed by atoms with Crippen LogP contribution in [0, 0.1) is 0 Å². The summed E-state index contributed by atoms with van der Waals surface area (Å²) in [5, 5.41) is 17.3. The maximum atomic E-state index is 10.4. The molecule has 0 aromatic heterocycles. The van der Waals surface area contributed by atoms with E-state index in [0.717, 1.165) is 19.3 Å². The van der Waals surface area contributed by atoms with Crippen molar-refractivity contribution in [1.82, 2.24) is 0 Å². The van der Waals surface area contributed by atoms with E-state index >= 15 is 0 Å². The molecule has 0 aliphatic heterocycles. The molecule has 0 spiro atoms. The number of primary amides is 1. The third-order valence-corrected chi connectivity index (χ3v) is 4.13. The van der Waals surface area contributed by atoms with Crippen LogP contribution in [0.4, 0.5) is 0 Å². The Balaban J connectivity index is -0.000000183. The first-order valence-corrected chi connectivity index (χ1v) is 9.28. The molecule has 0 aliphatic carbocycles. The first-order valence-electron chi connectivity index (χ1n) is 7.78. The summed E-state index contributed by atoms with van der Waals surface area (Å²) in [6.07, 6.45) is 9.43. The second-order valence-corrected chi connectivity index (χ2v) is 6.91. The van der Waals surface area contributed by atoms with E-state index in [2.05, 4.69) is 6.58 Å². The quantitative estimate of drug-likeness (QED) is 0.126. The summed E-state index contributed by atoms with van der Waals surface area (Å²) in [7, 11) is -4.94. The SMILES string of the molecule is C=CCCCCCCCCC(N)=O.O=C([O-])CC(C(=O)[O-])S(=O)(=O)O.[Na+].[Na+]. The van der Waals surface area contributed by atoms with Crippen LogP contribution in [0.2, 0.25) is 0 Å². The molecule has 0 heterocycles. The maximum Gasteiger partial charge on any atom is 1.00 e. The van der Waals surface area contributed by atoms with E-state index in [9.17, 15) is 33.0 Å². The van der Waals surface area contributed by atoms with Crippen molar-refractivity contribution < 1.29 is 96.7 Å². The molecule has 0 saturated carbocycles. The van der Waals surface area contributed by atoms with Gasteiger partial charge in [0.05, 0.1) is 5.97 Å². The van der Waals surface area contributed by atoms with Crippen LogP contribution in [0.25, 0.3) is 0 Å². The molecule has 0 saturated heterocycles. The van der Waals surface area contributed by atoms with Gasteiger partial charge in [0.1, 0.15) is 5.25 Å². The Hall–Kier alpha value is 0.0600. The fourth-order valence-electron chi connectivity index (χ4n) is 1.76. The third-order valence-electron chi connectivity index (χ3n) is 3.06. The Morgan fingerprint density at radius 2 is 1.44 bits per heavy atom. The van der Waals surface area contributed by atoms with E-state index in [1.807, 2.05) is 6.08 Å². The monoisotopic (exact) mass is 425 g/mol. The average molecular weight is 425 g/mol. The molecule has 3 N–H and O–H groups in total. The van der Waals surface area contributed by atoms with Crippen LogP contribution in [0.1, 0.15) is 57.8 Å². The fourth-order valence-corrected chi connectivity index (χ4v) is 2.35. The molecule has 0 radical (unpaired) electrons. The van der Waals surface area contributed by atoms with Gasteiger partial charge in [-0.1, -0.05) is 31.8 Å². The molecule has 1 unspecified atom stereocenters. The molecule has 0 rings (SSSR count). The van der Waals surface area contributed by atoms with E-state index in [0.29, 0.717) is 6.42 Å². The summed E-state index contributed by atoms with van der Waals surface area (Å²) in [5.41, 5.74) is 5.02. The molecule has 0 fully saturated rings. The Morgan fingerprint density at radius 1 is 1.00 bits per heavy atom. The van der Waals surface area contributed by atoms with E-state index in [1.54, 1.807) is 0 Å². The summed E-state index contributed by atoms with van der Waals surface area (Å²) >= 11 is 0. The smallest absolute Gasteiger partial charge is 0.550 e. The average Bonchev–Trinajstić information content (AvgIpc) is 2.46.